The third kappa shape index (κ3) is 5.52. The number of aryl methyl sites for hydroxylation is 1. The van der Waals surface area contributed by atoms with Crippen LogP contribution in [0.5, 0.6) is 11.5 Å². The van der Waals surface area contributed by atoms with Gasteiger partial charge in [0.1, 0.15) is 28.9 Å². The SMILES string of the molecule is COc1ccc(C(=O)Oc2ccccc2/C(C)=N/NC(=O)C(C)n2nc(C)c([N+](=O)[O-])c2C)cc1. The molecule has 0 aliphatic rings. The molecule has 1 N–H and O–H groups in total. The van der Waals surface area contributed by atoms with Crippen LogP contribution in [0.1, 0.15) is 47.2 Å². The zero-order chi connectivity index (χ0) is 25.7. The zero-order valence-electron chi connectivity index (χ0n) is 19.9. The number of benzene rings is 2. The maximum absolute atomic E-state index is 12.7. The Morgan fingerprint density at radius 2 is 1.80 bits per heavy atom. The van der Waals surface area contributed by atoms with E-state index in [9.17, 15) is 19.7 Å². The Bertz CT molecular complexity index is 1300. The number of rotatable bonds is 8. The summed E-state index contributed by atoms with van der Waals surface area (Å²) in [4.78, 5) is 36.0. The van der Waals surface area contributed by atoms with Crippen LogP contribution in [0.2, 0.25) is 0 Å². The molecule has 1 unspecified atom stereocenters. The molecule has 3 rings (SSSR count). The van der Waals surface area contributed by atoms with E-state index in [1.54, 1.807) is 62.4 Å². The number of ether oxygens (including phenoxy) is 2. The molecule has 2 aromatic carbocycles. The number of hydrazone groups is 1. The van der Waals surface area contributed by atoms with E-state index >= 15 is 0 Å². The molecule has 0 aliphatic heterocycles. The molecule has 0 radical (unpaired) electrons. The predicted molar refractivity (Wildman–Crippen MR) is 128 cm³/mol. The first-order valence-corrected chi connectivity index (χ1v) is 10.6. The molecule has 0 bridgehead atoms. The molecular weight excluding hydrogens is 454 g/mol. The first-order chi connectivity index (χ1) is 16.6. The van der Waals surface area contributed by atoms with E-state index in [0.717, 1.165) is 0 Å². The number of amides is 1. The molecule has 1 atom stereocenters. The summed E-state index contributed by atoms with van der Waals surface area (Å²) in [7, 11) is 1.53. The van der Waals surface area contributed by atoms with E-state index in [4.69, 9.17) is 9.47 Å². The Hall–Kier alpha value is -4.54. The third-order valence-electron chi connectivity index (χ3n) is 5.35. The van der Waals surface area contributed by atoms with Gasteiger partial charge < -0.3 is 9.47 Å². The minimum Gasteiger partial charge on any atom is -0.497 e. The smallest absolute Gasteiger partial charge is 0.343 e. The van der Waals surface area contributed by atoms with Gasteiger partial charge in [-0.2, -0.15) is 10.2 Å². The lowest BCUT2D eigenvalue weighted by Crippen LogP contribution is -2.29. The van der Waals surface area contributed by atoms with E-state index in [1.165, 1.54) is 25.6 Å². The number of aromatic nitrogens is 2. The van der Waals surface area contributed by atoms with E-state index in [1.807, 2.05) is 0 Å². The average molecular weight is 479 g/mol. The number of nitrogens with zero attached hydrogens (tertiary/aromatic N) is 4. The lowest BCUT2D eigenvalue weighted by atomic mass is 10.1. The topological polar surface area (TPSA) is 138 Å². The fraction of sp³-hybridized carbons (Fsp3) is 0.250. The fourth-order valence-electron chi connectivity index (χ4n) is 3.44. The second-order valence-corrected chi connectivity index (χ2v) is 7.68. The molecule has 0 saturated heterocycles. The summed E-state index contributed by atoms with van der Waals surface area (Å²) < 4.78 is 11.9. The van der Waals surface area contributed by atoms with Gasteiger partial charge in [0, 0.05) is 5.56 Å². The van der Waals surface area contributed by atoms with Crippen LogP contribution in [0, 0.1) is 24.0 Å². The van der Waals surface area contributed by atoms with Crippen molar-refractivity contribution in [3.63, 3.8) is 0 Å². The van der Waals surface area contributed by atoms with Crippen LogP contribution in [0.15, 0.2) is 53.6 Å². The lowest BCUT2D eigenvalue weighted by Gasteiger charge is -2.13. The second-order valence-electron chi connectivity index (χ2n) is 7.68. The van der Waals surface area contributed by atoms with E-state index in [0.29, 0.717) is 22.6 Å². The molecule has 182 valence electrons. The highest BCUT2D eigenvalue weighted by molar-refractivity contribution is 6.03. The highest BCUT2D eigenvalue weighted by atomic mass is 16.6. The summed E-state index contributed by atoms with van der Waals surface area (Å²) in [6, 6.07) is 12.4. The first-order valence-electron chi connectivity index (χ1n) is 10.6. The summed E-state index contributed by atoms with van der Waals surface area (Å²) in [5.41, 5.74) is 4.06. The van der Waals surface area contributed by atoms with Gasteiger partial charge >= 0.3 is 11.7 Å². The number of hydrogen-bond donors (Lipinski definition) is 1. The highest BCUT2D eigenvalue weighted by Gasteiger charge is 2.27. The van der Waals surface area contributed by atoms with Gasteiger partial charge in [0.15, 0.2) is 0 Å². The van der Waals surface area contributed by atoms with Crippen LogP contribution in [0.25, 0.3) is 0 Å². The number of nitrogens with one attached hydrogen (secondary N) is 1. The molecule has 0 saturated carbocycles. The van der Waals surface area contributed by atoms with Gasteiger partial charge in [-0.05, 0) is 64.1 Å². The van der Waals surface area contributed by atoms with Crippen LogP contribution in [-0.4, -0.2) is 39.4 Å². The van der Waals surface area contributed by atoms with Crippen molar-refractivity contribution in [3.8, 4) is 11.5 Å². The van der Waals surface area contributed by atoms with Gasteiger partial charge in [-0.25, -0.2) is 10.2 Å². The maximum Gasteiger partial charge on any atom is 0.343 e. The van der Waals surface area contributed by atoms with Gasteiger partial charge in [0.25, 0.3) is 5.91 Å². The monoisotopic (exact) mass is 479 g/mol. The molecule has 1 heterocycles. The molecule has 1 amide bonds. The minimum atomic E-state index is -0.845. The summed E-state index contributed by atoms with van der Waals surface area (Å²) >= 11 is 0. The Morgan fingerprint density at radius 1 is 1.14 bits per heavy atom. The van der Waals surface area contributed by atoms with Crippen molar-refractivity contribution < 1.29 is 24.0 Å². The molecule has 11 heteroatoms. The number of methoxy groups -OCH3 is 1. The quantitative estimate of drug-likeness (QED) is 0.171. The van der Waals surface area contributed by atoms with E-state index < -0.39 is 22.8 Å². The Morgan fingerprint density at radius 3 is 2.40 bits per heavy atom. The highest BCUT2D eigenvalue weighted by Crippen LogP contribution is 2.25. The van der Waals surface area contributed by atoms with Crippen molar-refractivity contribution in [1.82, 2.24) is 15.2 Å². The van der Waals surface area contributed by atoms with Crippen molar-refractivity contribution in [2.45, 2.75) is 33.7 Å². The zero-order valence-corrected chi connectivity index (χ0v) is 19.9. The van der Waals surface area contributed by atoms with Gasteiger partial charge in [-0.15, -0.1) is 0 Å². The summed E-state index contributed by atoms with van der Waals surface area (Å²) in [5.74, 6) is -0.190. The van der Waals surface area contributed by atoms with Crippen LogP contribution < -0.4 is 14.9 Å². The average Bonchev–Trinajstić information content (AvgIpc) is 3.15. The van der Waals surface area contributed by atoms with Crippen LogP contribution in [0.3, 0.4) is 0 Å². The van der Waals surface area contributed by atoms with Crippen LogP contribution in [-0.2, 0) is 4.79 Å². The largest absolute Gasteiger partial charge is 0.497 e. The van der Waals surface area contributed by atoms with Crippen molar-refractivity contribution in [3.05, 3.63) is 81.2 Å². The molecule has 1 aromatic heterocycles. The van der Waals surface area contributed by atoms with Crippen molar-refractivity contribution in [2.24, 2.45) is 5.10 Å². The van der Waals surface area contributed by atoms with Crippen LogP contribution >= 0.6 is 0 Å². The molecule has 3 aromatic rings. The molecule has 0 aliphatic carbocycles. The van der Waals surface area contributed by atoms with Gasteiger partial charge in [-0.1, -0.05) is 12.1 Å². The van der Waals surface area contributed by atoms with Crippen molar-refractivity contribution in [1.29, 1.82) is 0 Å². The number of esters is 1. The normalized spacial score (nSPS) is 12.1. The molecule has 0 fully saturated rings. The van der Waals surface area contributed by atoms with Gasteiger partial charge in [0.05, 0.1) is 23.3 Å². The third-order valence-corrected chi connectivity index (χ3v) is 5.35. The minimum absolute atomic E-state index is 0.128. The maximum atomic E-state index is 12.7. The molecule has 11 nitrogen and oxygen atoms in total. The van der Waals surface area contributed by atoms with E-state index in [-0.39, 0.29) is 22.8 Å². The van der Waals surface area contributed by atoms with Crippen molar-refractivity contribution in [2.75, 3.05) is 7.11 Å². The number of para-hydroxylation sites is 1. The molecular formula is C24H25N5O6. The fourth-order valence-corrected chi connectivity index (χ4v) is 3.44. The van der Waals surface area contributed by atoms with Gasteiger partial charge in [0.2, 0.25) is 0 Å². The number of nitro groups is 1. The van der Waals surface area contributed by atoms with Crippen LogP contribution in [0.4, 0.5) is 5.69 Å². The number of carbonyl (C=O) groups excluding carboxylic acids is 2. The molecule has 35 heavy (non-hydrogen) atoms. The Balaban J connectivity index is 1.75. The standard InChI is InChI=1S/C24H25N5O6/c1-14(25-26-23(30)17(4)28-16(3)22(29(32)33)15(2)27-28)20-8-6-7-9-21(20)35-24(31)18-10-12-19(34-5)13-11-18/h6-13,17H,1-5H3,(H,26,30)/b25-14+. The number of hydrogen-bond acceptors (Lipinski definition) is 8. The summed E-state index contributed by atoms with van der Waals surface area (Å²) in [6.07, 6.45) is 0. The van der Waals surface area contributed by atoms with Gasteiger partial charge in [-0.3, -0.25) is 19.6 Å². The first kappa shape index (κ1) is 25.1. The Labute approximate surface area is 201 Å². The molecule has 0 spiro atoms. The summed E-state index contributed by atoms with van der Waals surface area (Å²) in [5, 5.41) is 19.5. The summed E-state index contributed by atoms with van der Waals surface area (Å²) in [6.45, 7) is 6.26. The van der Waals surface area contributed by atoms with Crippen molar-refractivity contribution >= 4 is 23.3 Å². The van der Waals surface area contributed by atoms with E-state index in [2.05, 4.69) is 15.6 Å². The lowest BCUT2D eigenvalue weighted by molar-refractivity contribution is -0.386. The second kappa shape index (κ2) is 10.6. The Kier molecular flexibility index (Phi) is 7.59. The predicted octanol–water partition coefficient (Wildman–Crippen LogP) is 3.74. The number of carbonyl (C=O) groups is 2.